The maximum Gasteiger partial charge on any atom is 0.224 e. The van der Waals surface area contributed by atoms with E-state index in [1.165, 1.54) is 19.3 Å². The molecule has 0 spiro atoms. The number of nitrogens with zero attached hydrogens (tertiary/aromatic N) is 6. The van der Waals surface area contributed by atoms with Gasteiger partial charge in [0.1, 0.15) is 5.69 Å². The van der Waals surface area contributed by atoms with E-state index in [0.717, 1.165) is 51.6 Å². The molecule has 1 saturated carbocycles. The van der Waals surface area contributed by atoms with E-state index in [1.807, 2.05) is 36.5 Å². The van der Waals surface area contributed by atoms with Gasteiger partial charge >= 0.3 is 0 Å². The molecule has 0 unspecified atom stereocenters. The predicted molar refractivity (Wildman–Crippen MR) is 153 cm³/mol. The summed E-state index contributed by atoms with van der Waals surface area (Å²) in [6, 6.07) is 9.72. The van der Waals surface area contributed by atoms with Crippen LogP contribution in [0.5, 0.6) is 0 Å². The lowest BCUT2D eigenvalue weighted by Gasteiger charge is -2.20. The zero-order valence-electron chi connectivity index (χ0n) is 21.8. The van der Waals surface area contributed by atoms with E-state index in [0.29, 0.717) is 35.2 Å². The number of anilines is 1. The van der Waals surface area contributed by atoms with Gasteiger partial charge in [0.15, 0.2) is 11.5 Å². The lowest BCUT2D eigenvalue weighted by molar-refractivity contribution is -0.117. The molecule has 6 heterocycles. The minimum atomic E-state index is 0.0375. The first-order valence-corrected chi connectivity index (χ1v) is 13.6. The van der Waals surface area contributed by atoms with Gasteiger partial charge in [-0.1, -0.05) is 25.3 Å². The average molecular weight is 530 g/mol. The molecule has 3 N–H and O–H groups in total. The van der Waals surface area contributed by atoms with Gasteiger partial charge in [-0.3, -0.25) is 24.8 Å². The number of pyridine rings is 4. The number of hydrogen-bond acceptors (Lipinski definition) is 7. The molecule has 1 amide bonds. The second kappa shape index (κ2) is 10.3. The standard InChI is InChI=1S/C30H27N9O/c40-26(11-18-5-2-1-3-6-18)35-21-12-20(15-32-16-21)24-13-23-25(17-34-24)38-39-28(23)30-36-27-22(8-10-33-29(27)37-30)19-7-4-9-31-14-19/h4,7-10,12-18H,1-3,5-6,11H2,(H,35,40)(H,38,39)(H,33,36,37). The zero-order valence-corrected chi connectivity index (χ0v) is 21.8. The topological polar surface area (TPSA) is 138 Å². The number of fused-ring (bicyclic) bond motifs is 2. The summed E-state index contributed by atoms with van der Waals surface area (Å²) in [5.74, 6) is 1.11. The summed E-state index contributed by atoms with van der Waals surface area (Å²) in [4.78, 5) is 38.5. The fourth-order valence-corrected chi connectivity index (χ4v) is 5.55. The lowest BCUT2D eigenvalue weighted by atomic mass is 9.87. The van der Waals surface area contributed by atoms with Crippen molar-refractivity contribution < 1.29 is 4.79 Å². The van der Waals surface area contributed by atoms with Crippen molar-refractivity contribution in [3.05, 3.63) is 67.5 Å². The van der Waals surface area contributed by atoms with E-state index in [-0.39, 0.29) is 5.91 Å². The number of carbonyl (C=O) groups excluding carboxylic acids is 1. The molecule has 6 aromatic heterocycles. The maximum atomic E-state index is 12.7. The normalized spacial score (nSPS) is 14.1. The van der Waals surface area contributed by atoms with Crippen LogP contribution in [0, 0.1) is 5.92 Å². The highest BCUT2D eigenvalue weighted by atomic mass is 16.1. The number of amides is 1. The molecule has 0 aliphatic heterocycles. The molecule has 6 aromatic rings. The molecule has 0 bridgehead atoms. The number of carbonyl (C=O) groups is 1. The van der Waals surface area contributed by atoms with Gasteiger partial charge < -0.3 is 10.3 Å². The average Bonchev–Trinajstić information content (AvgIpc) is 3.62. The zero-order chi connectivity index (χ0) is 26.9. The predicted octanol–water partition coefficient (Wildman–Crippen LogP) is 5.93. The summed E-state index contributed by atoms with van der Waals surface area (Å²) in [7, 11) is 0. The van der Waals surface area contributed by atoms with Gasteiger partial charge in [0.05, 0.1) is 34.8 Å². The summed E-state index contributed by atoms with van der Waals surface area (Å²) in [5.41, 5.74) is 6.99. The van der Waals surface area contributed by atoms with Gasteiger partial charge in [-0.15, -0.1) is 0 Å². The minimum absolute atomic E-state index is 0.0375. The van der Waals surface area contributed by atoms with Crippen molar-refractivity contribution in [1.82, 2.24) is 40.1 Å². The Morgan fingerprint density at radius 2 is 1.85 bits per heavy atom. The van der Waals surface area contributed by atoms with Crippen LogP contribution in [0.2, 0.25) is 0 Å². The van der Waals surface area contributed by atoms with Crippen LogP contribution in [0.4, 0.5) is 5.69 Å². The van der Waals surface area contributed by atoms with Gasteiger partial charge in [0.25, 0.3) is 0 Å². The minimum Gasteiger partial charge on any atom is -0.335 e. The Kier molecular flexibility index (Phi) is 6.19. The highest BCUT2D eigenvalue weighted by molar-refractivity contribution is 5.97. The van der Waals surface area contributed by atoms with Crippen molar-refractivity contribution in [2.45, 2.75) is 38.5 Å². The number of aromatic amines is 2. The lowest BCUT2D eigenvalue weighted by Crippen LogP contribution is -2.18. The fraction of sp³-hybridized carbons (Fsp3) is 0.233. The van der Waals surface area contributed by atoms with Crippen LogP contribution in [-0.2, 0) is 4.79 Å². The van der Waals surface area contributed by atoms with Gasteiger partial charge in [-0.25, -0.2) is 9.97 Å². The third-order valence-electron chi connectivity index (χ3n) is 7.55. The molecule has 0 saturated heterocycles. The maximum absolute atomic E-state index is 12.7. The first-order valence-electron chi connectivity index (χ1n) is 13.6. The van der Waals surface area contributed by atoms with E-state index < -0.39 is 0 Å². The fourth-order valence-electron chi connectivity index (χ4n) is 5.55. The first kappa shape index (κ1) is 24.1. The second-order valence-electron chi connectivity index (χ2n) is 10.3. The molecule has 0 radical (unpaired) electrons. The smallest absolute Gasteiger partial charge is 0.224 e. The van der Waals surface area contributed by atoms with E-state index in [1.54, 1.807) is 31.0 Å². The SMILES string of the molecule is O=C(CC1CCCCC1)Nc1cncc(-c2cc3c(-c4nc5nccc(-c6cccnc6)c5[nH]4)n[nH]c3cn2)c1. The Morgan fingerprint density at radius 3 is 2.73 bits per heavy atom. The Morgan fingerprint density at radius 1 is 0.950 bits per heavy atom. The monoisotopic (exact) mass is 529 g/mol. The Bertz CT molecular complexity index is 1820. The molecule has 1 aliphatic carbocycles. The van der Waals surface area contributed by atoms with Crippen LogP contribution >= 0.6 is 0 Å². The Balaban J connectivity index is 1.19. The second-order valence-corrected chi connectivity index (χ2v) is 10.3. The molecule has 10 heteroatoms. The molecule has 7 rings (SSSR count). The van der Waals surface area contributed by atoms with Gasteiger partial charge in [0, 0.05) is 53.3 Å². The number of H-pyrrole nitrogens is 2. The summed E-state index contributed by atoms with van der Waals surface area (Å²) in [5, 5.41) is 11.5. The molecular weight excluding hydrogens is 502 g/mol. The van der Waals surface area contributed by atoms with E-state index in [9.17, 15) is 4.79 Å². The summed E-state index contributed by atoms with van der Waals surface area (Å²) in [6.45, 7) is 0. The third kappa shape index (κ3) is 4.68. The van der Waals surface area contributed by atoms with Crippen LogP contribution < -0.4 is 5.32 Å². The molecule has 40 heavy (non-hydrogen) atoms. The van der Waals surface area contributed by atoms with Crippen molar-refractivity contribution in [2.24, 2.45) is 5.92 Å². The summed E-state index contributed by atoms with van der Waals surface area (Å²) >= 11 is 0. The van der Waals surface area contributed by atoms with Crippen LogP contribution in [0.3, 0.4) is 0 Å². The molecule has 0 aromatic carbocycles. The number of hydrogen-bond donors (Lipinski definition) is 3. The highest BCUT2D eigenvalue weighted by Crippen LogP contribution is 2.32. The number of imidazole rings is 1. The van der Waals surface area contributed by atoms with Crippen molar-refractivity contribution in [3.63, 3.8) is 0 Å². The first-order chi connectivity index (χ1) is 19.7. The van der Waals surface area contributed by atoms with Crippen molar-refractivity contribution in [2.75, 3.05) is 5.32 Å². The van der Waals surface area contributed by atoms with Crippen LogP contribution in [0.25, 0.3) is 56.0 Å². The third-order valence-corrected chi connectivity index (χ3v) is 7.55. The van der Waals surface area contributed by atoms with Crippen LogP contribution in [0.15, 0.2) is 67.5 Å². The highest BCUT2D eigenvalue weighted by Gasteiger charge is 2.19. The Labute approximate surface area is 229 Å². The van der Waals surface area contributed by atoms with Crippen LogP contribution in [0.1, 0.15) is 38.5 Å². The molecule has 10 nitrogen and oxygen atoms in total. The molecule has 1 fully saturated rings. The number of nitrogens with one attached hydrogen (secondary N) is 3. The number of aromatic nitrogens is 8. The van der Waals surface area contributed by atoms with E-state index >= 15 is 0 Å². The number of rotatable bonds is 6. The van der Waals surface area contributed by atoms with Crippen LogP contribution in [-0.4, -0.2) is 46.0 Å². The van der Waals surface area contributed by atoms with Crippen molar-refractivity contribution >= 4 is 33.7 Å². The van der Waals surface area contributed by atoms with Gasteiger partial charge in [-0.05, 0) is 43.0 Å². The van der Waals surface area contributed by atoms with E-state index in [2.05, 4.69) is 40.4 Å². The Hall–Kier alpha value is -4.99. The molecule has 198 valence electrons. The largest absolute Gasteiger partial charge is 0.335 e. The van der Waals surface area contributed by atoms with Crippen molar-refractivity contribution in [1.29, 1.82) is 0 Å². The van der Waals surface area contributed by atoms with Gasteiger partial charge in [-0.2, -0.15) is 5.10 Å². The summed E-state index contributed by atoms with van der Waals surface area (Å²) in [6.07, 6.45) is 17.0. The molecule has 0 atom stereocenters. The quantitative estimate of drug-likeness (QED) is 0.243. The summed E-state index contributed by atoms with van der Waals surface area (Å²) < 4.78 is 0. The van der Waals surface area contributed by atoms with Gasteiger partial charge in [0.2, 0.25) is 5.91 Å². The van der Waals surface area contributed by atoms with E-state index in [4.69, 9.17) is 4.98 Å². The molecular formula is C30H27N9O. The van der Waals surface area contributed by atoms with Crippen molar-refractivity contribution in [3.8, 4) is 33.9 Å². The molecule has 1 aliphatic rings.